The Hall–Kier alpha value is -2.33. The zero-order valence-corrected chi connectivity index (χ0v) is 18.3. The SMILES string of the molecule is N#Cc1cccc(CN2CC3(CCN(C(=S)NCC4CCCCC4)CC3)OC2=O)c1. The molecule has 3 fully saturated rings. The van der Waals surface area contributed by atoms with E-state index in [0.29, 0.717) is 18.7 Å². The van der Waals surface area contributed by atoms with Crippen LogP contribution in [0, 0.1) is 17.2 Å². The second-order valence-corrected chi connectivity index (χ2v) is 9.28. The number of amides is 1. The third-order valence-corrected chi connectivity index (χ3v) is 7.10. The number of carbonyl (C=O) groups is 1. The van der Waals surface area contributed by atoms with E-state index in [1.165, 1.54) is 32.1 Å². The van der Waals surface area contributed by atoms with Crippen LogP contribution in [-0.2, 0) is 11.3 Å². The summed E-state index contributed by atoms with van der Waals surface area (Å²) in [5.41, 5.74) is 1.14. The van der Waals surface area contributed by atoms with Crippen molar-refractivity contribution in [2.24, 2.45) is 5.92 Å². The molecule has 7 heteroatoms. The molecule has 0 radical (unpaired) electrons. The molecular weight excluding hydrogens is 396 g/mol. The highest BCUT2D eigenvalue weighted by Gasteiger charge is 2.47. The Balaban J connectivity index is 1.27. The Kier molecular flexibility index (Phi) is 6.43. The molecule has 0 unspecified atom stereocenters. The summed E-state index contributed by atoms with van der Waals surface area (Å²) in [6.45, 7) is 3.66. The number of likely N-dealkylation sites (tertiary alicyclic amines) is 1. The number of piperidine rings is 1. The molecule has 3 aliphatic rings. The number of carbonyl (C=O) groups excluding carboxylic acids is 1. The minimum absolute atomic E-state index is 0.260. The van der Waals surface area contributed by atoms with E-state index in [-0.39, 0.29) is 6.09 Å². The lowest BCUT2D eigenvalue weighted by molar-refractivity contribution is 0.0146. The number of nitrogens with one attached hydrogen (secondary N) is 1. The smallest absolute Gasteiger partial charge is 0.410 e. The van der Waals surface area contributed by atoms with Crippen LogP contribution in [0.3, 0.4) is 0 Å². The van der Waals surface area contributed by atoms with Crippen LogP contribution >= 0.6 is 12.2 Å². The van der Waals surface area contributed by atoms with Gasteiger partial charge in [-0.1, -0.05) is 31.4 Å². The molecule has 2 saturated heterocycles. The number of rotatable bonds is 4. The first-order valence-corrected chi connectivity index (χ1v) is 11.5. The van der Waals surface area contributed by atoms with Crippen molar-refractivity contribution in [1.29, 1.82) is 5.26 Å². The van der Waals surface area contributed by atoms with Crippen molar-refractivity contribution in [1.82, 2.24) is 15.1 Å². The highest BCUT2D eigenvalue weighted by atomic mass is 32.1. The van der Waals surface area contributed by atoms with E-state index in [1.807, 2.05) is 18.2 Å². The first kappa shape index (κ1) is 20.9. The molecule has 30 heavy (non-hydrogen) atoms. The van der Waals surface area contributed by atoms with E-state index in [4.69, 9.17) is 22.2 Å². The van der Waals surface area contributed by atoms with E-state index < -0.39 is 5.60 Å². The fraction of sp³-hybridized carbons (Fsp3) is 0.609. The Labute approximate surface area is 184 Å². The van der Waals surface area contributed by atoms with Gasteiger partial charge in [-0.2, -0.15) is 5.26 Å². The summed E-state index contributed by atoms with van der Waals surface area (Å²) >= 11 is 5.63. The molecule has 2 heterocycles. The van der Waals surface area contributed by atoms with E-state index in [9.17, 15) is 4.79 Å². The molecule has 1 aliphatic carbocycles. The summed E-state index contributed by atoms with van der Waals surface area (Å²) in [7, 11) is 0. The van der Waals surface area contributed by atoms with Crippen LogP contribution in [0.25, 0.3) is 0 Å². The maximum absolute atomic E-state index is 12.5. The number of nitriles is 1. The lowest BCUT2D eigenvalue weighted by Gasteiger charge is -2.39. The van der Waals surface area contributed by atoms with Gasteiger partial charge in [0.15, 0.2) is 5.11 Å². The number of hydrogen-bond acceptors (Lipinski definition) is 4. The lowest BCUT2D eigenvalue weighted by Crippen LogP contribution is -2.51. The van der Waals surface area contributed by atoms with Gasteiger partial charge in [-0.05, 0) is 48.7 Å². The molecule has 1 aromatic rings. The third kappa shape index (κ3) is 4.86. The first-order valence-electron chi connectivity index (χ1n) is 11.1. The van der Waals surface area contributed by atoms with Crippen LogP contribution in [0.4, 0.5) is 4.79 Å². The predicted octanol–water partition coefficient (Wildman–Crippen LogP) is 3.80. The van der Waals surface area contributed by atoms with Crippen molar-refractivity contribution in [3.05, 3.63) is 35.4 Å². The van der Waals surface area contributed by atoms with Crippen molar-refractivity contribution >= 4 is 23.4 Å². The molecule has 1 saturated carbocycles. The molecule has 0 bridgehead atoms. The summed E-state index contributed by atoms with van der Waals surface area (Å²) < 4.78 is 5.85. The fourth-order valence-electron chi connectivity index (χ4n) is 4.89. The molecule has 160 valence electrons. The Morgan fingerprint density at radius 2 is 2.03 bits per heavy atom. The highest BCUT2D eigenvalue weighted by Crippen LogP contribution is 2.34. The van der Waals surface area contributed by atoms with Crippen molar-refractivity contribution < 1.29 is 9.53 Å². The normalized spacial score (nSPS) is 21.4. The summed E-state index contributed by atoms with van der Waals surface area (Å²) in [5, 5.41) is 13.4. The van der Waals surface area contributed by atoms with Gasteiger partial charge in [-0.25, -0.2) is 4.79 Å². The van der Waals surface area contributed by atoms with Gasteiger partial charge in [-0.3, -0.25) is 4.90 Å². The van der Waals surface area contributed by atoms with Gasteiger partial charge in [0.05, 0.1) is 18.2 Å². The summed E-state index contributed by atoms with van der Waals surface area (Å²) in [6.07, 6.45) is 7.99. The monoisotopic (exact) mass is 426 g/mol. The number of hydrogen-bond donors (Lipinski definition) is 1. The van der Waals surface area contributed by atoms with Crippen LogP contribution < -0.4 is 5.32 Å². The molecule has 1 aromatic carbocycles. The van der Waals surface area contributed by atoms with Crippen LogP contribution in [0.1, 0.15) is 56.1 Å². The second-order valence-electron chi connectivity index (χ2n) is 8.90. The van der Waals surface area contributed by atoms with Crippen molar-refractivity contribution in [2.75, 3.05) is 26.2 Å². The Bertz CT molecular complexity index is 823. The van der Waals surface area contributed by atoms with Gasteiger partial charge in [0, 0.05) is 39.0 Å². The second kappa shape index (κ2) is 9.22. The maximum Gasteiger partial charge on any atom is 0.410 e. The number of benzene rings is 1. The quantitative estimate of drug-likeness (QED) is 0.739. The topological polar surface area (TPSA) is 68.6 Å². The van der Waals surface area contributed by atoms with Gasteiger partial charge < -0.3 is 15.0 Å². The summed E-state index contributed by atoms with van der Waals surface area (Å²) in [6, 6.07) is 9.55. The van der Waals surface area contributed by atoms with Crippen LogP contribution in [0.2, 0.25) is 0 Å². The Morgan fingerprint density at radius 1 is 1.27 bits per heavy atom. The van der Waals surface area contributed by atoms with E-state index >= 15 is 0 Å². The molecule has 2 aliphatic heterocycles. The average Bonchev–Trinajstić information content (AvgIpc) is 3.07. The van der Waals surface area contributed by atoms with Crippen LogP contribution in [0.5, 0.6) is 0 Å². The highest BCUT2D eigenvalue weighted by molar-refractivity contribution is 7.80. The summed E-state index contributed by atoms with van der Waals surface area (Å²) in [5.74, 6) is 0.747. The van der Waals surface area contributed by atoms with Gasteiger partial charge >= 0.3 is 6.09 Å². The van der Waals surface area contributed by atoms with Crippen molar-refractivity contribution in [2.45, 2.75) is 57.1 Å². The molecular formula is C23H30N4O2S. The van der Waals surface area contributed by atoms with Gasteiger partial charge in [-0.15, -0.1) is 0 Å². The number of thiocarbonyl (C=S) groups is 1. The lowest BCUT2D eigenvalue weighted by atomic mass is 9.89. The standard InChI is InChI=1S/C23H30N4O2S/c24-14-19-7-4-8-20(13-19)16-27-17-23(29-22(27)28)9-11-26(12-10-23)21(30)25-15-18-5-2-1-3-6-18/h4,7-8,13,18H,1-3,5-6,9-12,15-17H2,(H,25,30). The maximum atomic E-state index is 12.5. The minimum atomic E-state index is -0.417. The Morgan fingerprint density at radius 3 is 2.77 bits per heavy atom. The first-order chi connectivity index (χ1) is 14.6. The van der Waals surface area contributed by atoms with Gasteiger partial charge in [0.1, 0.15) is 5.60 Å². The number of nitrogens with zero attached hydrogens (tertiary/aromatic N) is 3. The van der Waals surface area contributed by atoms with Gasteiger partial charge in [0.2, 0.25) is 0 Å². The molecule has 1 spiro atoms. The van der Waals surface area contributed by atoms with Crippen LogP contribution in [0.15, 0.2) is 24.3 Å². The average molecular weight is 427 g/mol. The minimum Gasteiger partial charge on any atom is -0.441 e. The molecule has 1 N–H and O–H groups in total. The van der Waals surface area contributed by atoms with E-state index in [1.54, 1.807) is 11.0 Å². The molecule has 0 aromatic heterocycles. The molecule has 4 rings (SSSR count). The summed E-state index contributed by atoms with van der Waals surface area (Å²) in [4.78, 5) is 16.5. The van der Waals surface area contributed by atoms with Crippen molar-refractivity contribution in [3.8, 4) is 6.07 Å². The van der Waals surface area contributed by atoms with Gasteiger partial charge in [0.25, 0.3) is 0 Å². The zero-order chi connectivity index (χ0) is 21.0. The third-order valence-electron chi connectivity index (χ3n) is 6.70. The largest absolute Gasteiger partial charge is 0.441 e. The molecule has 1 amide bonds. The van der Waals surface area contributed by atoms with Crippen molar-refractivity contribution in [3.63, 3.8) is 0 Å². The fourth-order valence-corrected chi connectivity index (χ4v) is 5.15. The molecule has 6 nitrogen and oxygen atoms in total. The molecule has 0 atom stereocenters. The predicted molar refractivity (Wildman–Crippen MR) is 119 cm³/mol. The zero-order valence-electron chi connectivity index (χ0n) is 17.4. The van der Waals surface area contributed by atoms with E-state index in [2.05, 4.69) is 16.3 Å². The van der Waals surface area contributed by atoms with E-state index in [0.717, 1.165) is 49.1 Å². The van der Waals surface area contributed by atoms with Crippen LogP contribution in [-0.4, -0.2) is 52.8 Å². The number of ether oxygens (including phenoxy) is 1.